The quantitative estimate of drug-likeness (QED) is 0.0400. The maximum Gasteiger partial charge on any atom is 0.326 e. The lowest BCUT2D eigenvalue weighted by Gasteiger charge is -2.18. The number of ketones is 1. The van der Waals surface area contributed by atoms with Crippen LogP contribution in [0.4, 0.5) is 0 Å². The molecule has 0 aromatic rings. The number of carboxylic acid groups (broad SMARTS) is 4. The van der Waals surface area contributed by atoms with E-state index in [0.717, 1.165) is 6.92 Å². The number of carboxylic acids is 4. The van der Waals surface area contributed by atoms with Gasteiger partial charge in [-0.1, -0.05) is 6.92 Å². The number of hydrogen-bond acceptors (Lipinski definition) is 11. The summed E-state index contributed by atoms with van der Waals surface area (Å²) in [5.41, 5.74) is 0. The number of aliphatic carboxylic acids is 4. The molecule has 5 amide bonds. The number of hydrogen-bond donors (Lipinski definition) is 10. The van der Waals surface area contributed by atoms with E-state index in [1.807, 2.05) is 6.92 Å². The molecule has 0 spiro atoms. The van der Waals surface area contributed by atoms with Crippen LogP contribution in [0, 0.1) is 0 Å². The molecule has 0 rings (SSSR count). The summed E-state index contributed by atoms with van der Waals surface area (Å²) in [6.45, 7) is 5.42. The van der Waals surface area contributed by atoms with E-state index in [2.05, 4.69) is 31.9 Å². The molecule has 288 valence electrons. The van der Waals surface area contributed by atoms with Crippen molar-refractivity contribution in [3.63, 3.8) is 0 Å². The molecule has 5 atom stereocenters. The van der Waals surface area contributed by atoms with Gasteiger partial charge in [-0.05, 0) is 58.4 Å². The molecule has 20 nitrogen and oxygen atoms in total. The largest absolute Gasteiger partial charge is 0.480 e. The fourth-order valence-corrected chi connectivity index (χ4v) is 4.66. The van der Waals surface area contributed by atoms with E-state index in [4.69, 9.17) is 5.11 Å². The zero-order chi connectivity index (χ0) is 39.1. The van der Waals surface area contributed by atoms with Gasteiger partial charge in [0, 0.05) is 39.2 Å². The highest BCUT2D eigenvalue weighted by Crippen LogP contribution is 2.07. The third-order valence-electron chi connectivity index (χ3n) is 7.40. The zero-order valence-corrected chi connectivity index (χ0v) is 29.0. The second-order valence-corrected chi connectivity index (χ2v) is 11.7. The average Bonchev–Trinajstić information content (AvgIpc) is 3.03. The Hall–Kier alpha value is -5.14. The average molecular weight is 731 g/mol. The van der Waals surface area contributed by atoms with Gasteiger partial charge in [0.1, 0.15) is 30.0 Å². The Labute approximate surface area is 294 Å². The minimum Gasteiger partial charge on any atom is -0.480 e. The number of unbranched alkanes of at least 4 members (excludes halogenated alkanes) is 1. The van der Waals surface area contributed by atoms with Crippen LogP contribution in [0.15, 0.2) is 0 Å². The number of nitrogens with one attached hydrogen (secondary N) is 6. The molecule has 0 aliphatic carbocycles. The normalized spacial score (nSPS) is 13.6. The molecule has 0 saturated carbocycles. The van der Waals surface area contributed by atoms with Crippen LogP contribution in [0.5, 0.6) is 0 Å². The number of rotatable bonds is 28. The minimum absolute atomic E-state index is 0.0201. The summed E-state index contributed by atoms with van der Waals surface area (Å²) >= 11 is 0. The first-order valence-corrected chi connectivity index (χ1v) is 16.4. The van der Waals surface area contributed by atoms with Gasteiger partial charge in [-0.3, -0.25) is 28.8 Å². The smallest absolute Gasteiger partial charge is 0.326 e. The molecule has 20 heteroatoms. The molecule has 0 heterocycles. The van der Waals surface area contributed by atoms with E-state index in [0.29, 0.717) is 32.4 Å². The Morgan fingerprint density at radius 2 is 0.824 bits per heavy atom. The molecule has 0 fully saturated rings. The molecule has 0 radical (unpaired) electrons. The van der Waals surface area contributed by atoms with Gasteiger partial charge in [0.25, 0.3) is 0 Å². The van der Waals surface area contributed by atoms with E-state index in [-0.39, 0.29) is 31.1 Å². The first kappa shape index (κ1) is 45.9. The Morgan fingerprint density at radius 1 is 0.471 bits per heavy atom. The van der Waals surface area contributed by atoms with Crippen molar-refractivity contribution in [3.8, 4) is 0 Å². The fourth-order valence-electron chi connectivity index (χ4n) is 4.66. The van der Waals surface area contributed by atoms with Gasteiger partial charge in [-0.2, -0.15) is 0 Å². The van der Waals surface area contributed by atoms with Crippen molar-refractivity contribution >= 4 is 59.2 Å². The second kappa shape index (κ2) is 24.9. The zero-order valence-electron chi connectivity index (χ0n) is 29.0. The predicted molar refractivity (Wildman–Crippen MR) is 176 cm³/mol. The van der Waals surface area contributed by atoms with Gasteiger partial charge in [-0.25, -0.2) is 19.2 Å². The van der Waals surface area contributed by atoms with Crippen LogP contribution in [0.1, 0.15) is 91.4 Å². The summed E-state index contributed by atoms with van der Waals surface area (Å²) < 4.78 is 0. The van der Waals surface area contributed by atoms with E-state index < -0.39 is 110 Å². The molecule has 0 aromatic heterocycles. The Balaban J connectivity index is 4.79. The standard InChI is InChI=1S/C31H50N6O14/c1-4-32-19(17(2)38)7-5-6-16-33-24(40)12-8-21(29(46)47)35-26(42)14-10-23(31(50)51)37-27(43)15-11-22(30(48)49)36-25(41)13-9-20(28(44)45)34-18(3)39/h19-23,32H,4-16H2,1-3H3,(H,33,40)(H,34,39)(H,35,42)(H,36,41)(H,37,43)(H,44,45)(H,46,47)(H,48,49)(H,50,51). The summed E-state index contributed by atoms with van der Waals surface area (Å²) in [6, 6.07) is -6.31. The van der Waals surface area contributed by atoms with Crippen molar-refractivity contribution in [2.75, 3.05) is 13.1 Å². The van der Waals surface area contributed by atoms with Crippen molar-refractivity contribution in [2.45, 2.75) is 122 Å². The summed E-state index contributed by atoms with van der Waals surface area (Å²) in [7, 11) is 0. The summed E-state index contributed by atoms with van der Waals surface area (Å²) in [4.78, 5) is 118. The molecule has 0 saturated heterocycles. The lowest BCUT2D eigenvalue weighted by atomic mass is 10.1. The van der Waals surface area contributed by atoms with Gasteiger partial charge in [-0.15, -0.1) is 0 Å². The number of carbonyl (C=O) groups excluding carboxylic acids is 6. The van der Waals surface area contributed by atoms with Crippen LogP contribution in [0.3, 0.4) is 0 Å². The van der Waals surface area contributed by atoms with E-state index in [9.17, 15) is 63.3 Å². The highest BCUT2D eigenvalue weighted by atomic mass is 16.4. The van der Waals surface area contributed by atoms with Crippen LogP contribution in [0.2, 0.25) is 0 Å². The van der Waals surface area contributed by atoms with Crippen molar-refractivity contribution in [1.29, 1.82) is 0 Å². The Bertz CT molecular complexity index is 1260. The van der Waals surface area contributed by atoms with Gasteiger partial charge in [0.05, 0.1) is 6.04 Å². The molecule has 0 aromatic carbocycles. The van der Waals surface area contributed by atoms with Crippen molar-refractivity contribution in [1.82, 2.24) is 31.9 Å². The maximum atomic E-state index is 12.4. The molecule has 51 heavy (non-hydrogen) atoms. The van der Waals surface area contributed by atoms with Crippen LogP contribution >= 0.6 is 0 Å². The SMILES string of the molecule is CCNC(CCCCNC(=O)CCC(NC(=O)CCC(NC(=O)CCC(NC(=O)CCC(NC(C)=O)C(=O)O)C(=O)O)C(=O)O)C(=O)O)C(C)=O. The third-order valence-corrected chi connectivity index (χ3v) is 7.40. The molecule has 0 aliphatic rings. The van der Waals surface area contributed by atoms with E-state index >= 15 is 0 Å². The fraction of sp³-hybridized carbons (Fsp3) is 0.677. The second-order valence-electron chi connectivity index (χ2n) is 11.7. The molecule has 0 aliphatic heterocycles. The molecular formula is C31H50N6O14. The summed E-state index contributed by atoms with van der Waals surface area (Å²) in [5.74, 6) is -9.61. The predicted octanol–water partition coefficient (Wildman–Crippen LogP) is -1.74. The van der Waals surface area contributed by atoms with Crippen LogP contribution in [-0.4, -0.2) is 123 Å². The van der Waals surface area contributed by atoms with Crippen LogP contribution < -0.4 is 31.9 Å². The van der Waals surface area contributed by atoms with Crippen molar-refractivity contribution in [3.05, 3.63) is 0 Å². The number of carbonyl (C=O) groups is 10. The summed E-state index contributed by atoms with van der Waals surface area (Å²) in [5, 5.41) is 51.8. The van der Waals surface area contributed by atoms with E-state index in [1.54, 1.807) is 0 Å². The Kier molecular flexibility index (Phi) is 22.4. The van der Waals surface area contributed by atoms with E-state index in [1.165, 1.54) is 6.92 Å². The van der Waals surface area contributed by atoms with Crippen LogP contribution in [-0.2, 0) is 47.9 Å². The van der Waals surface area contributed by atoms with Crippen LogP contribution in [0.25, 0.3) is 0 Å². The summed E-state index contributed by atoms with van der Waals surface area (Å²) in [6.07, 6.45) is -1.44. The first-order chi connectivity index (χ1) is 23.9. The lowest BCUT2D eigenvalue weighted by molar-refractivity contribution is -0.144. The molecule has 10 N–H and O–H groups in total. The first-order valence-electron chi connectivity index (χ1n) is 16.4. The van der Waals surface area contributed by atoms with Gasteiger partial charge >= 0.3 is 23.9 Å². The number of likely N-dealkylation sites (N-methyl/N-ethyl adjacent to an activating group) is 1. The highest BCUT2D eigenvalue weighted by Gasteiger charge is 2.27. The molecule has 5 unspecified atom stereocenters. The minimum atomic E-state index is -1.61. The molecular weight excluding hydrogens is 680 g/mol. The van der Waals surface area contributed by atoms with Gasteiger partial charge < -0.3 is 52.3 Å². The Morgan fingerprint density at radius 3 is 1.14 bits per heavy atom. The van der Waals surface area contributed by atoms with Gasteiger partial charge in [0.2, 0.25) is 29.5 Å². The van der Waals surface area contributed by atoms with Crippen molar-refractivity contribution in [2.24, 2.45) is 0 Å². The maximum absolute atomic E-state index is 12.4. The topological polar surface area (TPSA) is 324 Å². The van der Waals surface area contributed by atoms with Crippen molar-refractivity contribution < 1.29 is 68.4 Å². The highest BCUT2D eigenvalue weighted by molar-refractivity contribution is 5.88. The monoisotopic (exact) mass is 730 g/mol. The van der Waals surface area contributed by atoms with Gasteiger partial charge in [0.15, 0.2) is 0 Å². The third kappa shape index (κ3) is 21.5. The molecule has 0 bridgehead atoms. The number of Topliss-reactive ketones (excluding diaryl/α,β-unsaturated/α-hetero) is 1. The number of amides is 5. The lowest BCUT2D eigenvalue weighted by Crippen LogP contribution is -2.45.